The van der Waals surface area contributed by atoms with E-state index in [0.717, 1.165) is 37.4 Å². The summed E-state index contributed by atoms with van der Waals surface area (Å²) in [6, 6.07) is 8.63. The van der Waals surface area contributed by atoms with Gasteiger partial charge in [0.2, 0.25) is 0 Å². The second-order valence-electron chi connectivity index (χ2n) is 5.69. The van der Waals surface area contributed by atoms with Gasteiger partial charge in [0.05, 0.1) is 0 Å². The van der Waals surface area contributed by atoms with E-state index in [2.05, 4.69) is 36.9 Å². The molecule has 1 saturated heterocycles. The lowest BCUT2D eigenvalue weighted by Gasteiger charge is -2.15. The zero-order chi connectivity index (χ0) is 13.4. The van der Waals surface area contributed by atoms with Crippen LogP contribution in [0.2, 0.25) is 0 Å². The number of para-hydroxylation sites is 1. The van der Waals surface area contributed by atoms with E-state index in [-0.39, 0.29) is 0 Å². The number of benzene rings is 1. The molecular weight excluding hydrogens is 236 g/mol. The molecule has 102 valence electrons. The molecule has 1 aliphatic heterocycles. The highest BCUT2D eigenvalue weighted by atomic mass is 16.3. The van der Waals surface area contributed by atoms with Gasteiger partial charge in [-0.3, -0.25) is 4.90 Å². The van der Waals surface area contributed by atoms with E-state index in [1.807, 2.05) is 6.07 Å². The van der Waals surface area contributed by atoms with Crippen LogP contribution in [0.4, 0.5) is 0 Å². The molecule has 2 aromatic rings. The topological polar surface area (TPSA) is 42.4 Å². The normalized spacial score (nSPS) is 24.4. The van der Waals surface area contributed by atoms with Crippen LogP contribution < -0.4 is 5.73 Å². The Balaban J connectivity index is 1.91. The summed E-state index contributed by atoms with van der Waals surface area (Å²) in [7, 11) is 0. The smallest absolute Gasteiger partial charge is 0.134 e. The number of rotatable bonds is 3. The summed E-state index contributed by atoms with van der Waals surface area (Å²) in [5.74, 6) is 1.71. The van der Waals surface area contributed by atoms with Gasteiger partial charge >= 0.3 is 0 Å². The number of fused-ring (bicyclic) bond motifs is 1. The van der Waals surface area contributed by atoms with Crippen LogP contribution >= 0.6 is 0 Å². The predicted octanol–water partition coefficient (Wildman–Crippen LogP) is 2.77. The number of hydrogen-bond acceptors (Lipinski definition) is 3. The minimum atomic E-state index is 0.309. The molecule has 1 aromatic heterocycles. The maximum Gasteiger partial charge on any atom is 0.134 e. The first-order valence-corrected chi connectivity index (χ1v) is 7.16. The first-order chi connectivity index (χ1) is 9.19. The van der Waals surface area contributed by atoms with Crippen molar-refractivity contribution in [2.24, 2.45) is 11.7 Å². The monoisotopic (exact) mass is 258 g/mol. The van der Waals surface area contributed by atoms with Crippen molar-refractivity contribution in [3.8, 4) is 0 Å². The van der Waals surface area contributed by atoms with Gasteiger partial charge in [-0.2, -0.15) is 0 Å². The van der Waals surface area contributed by atoms with Gasteiger partial charge in [0, 0.05) is 43.0 Å². The van der Waals surface area contributed by atoms with Crippen LogP contribution in [0.5, 0.6) is 0 Å². The third-order valence-corrected chi connectivity index (χ3v) is 4.23. The van der Waals surface area contributed by atoms with Crippen molar-refractivity contribution in [3.63, 3.8) is 0 Å². The zero-order valence-corrected chi connectivity index (χ0v) is 11.7. The summed E-state index contributed by atoms with van der Waals surface area (Å²) in [6.45, 7) is 7.42. The zero-order valence-electron chi connectivity index (χ0n) is 11.7. The van der Waals surface area contributed by atoms with Crippen molar-refractivity contribution in [1.82, 2.24) is 4.90 Å². The van der Waals surface area contributed by atoms with Gasteiger partial charge in [-0.1, -0.05) is 32.0 Å². The van der Waals surface area contributed by atoms with Gasteiger partial charge in [0.15, 0.2) is 0 Å². The molecule has 1 fully saturated rings. The summed E-state index contributed by atoms with van der Waals surface area (Å²) >= 11 is 0. The fraction of sp³-hybridized carbons (Fsp3) is 0.500. The lowest BCUT2D eigenvalue weighted by Crippen LogP contribution is -2.28. The molecule has 2 atom stereocenters. The van der Waals surface area contributed by atoms with Crippen molar-refractivity contribution in [2.75, 3.05) is 13.1 Å². The summed E-state index contributed by atoms with van der Waals surface area (Å²) in [6.07, 6.45) is 0.944. The number of likely N-dealkylation sites (tertiary alicyclic amines) is 1. The maximum absolute atomic E-state index is 6.12. The van der Waals surface area contributed by atoms with Crippen LogP contribution in [0.15, 0.2) is 28.7 Å². The van der Waals surface area contributed by atoms with Gasteiger partial charge in [-0.15, -0.1) is 0 Å². The second-order valence-corrected chi connectivity index (χ2v) is 5.69. The van der Waals surface area contributed by atoms with Crippen molar-refractivity contribution in [2.45, 2.75) is 32.9 Å². The van der Waals surface area contributed by atoms with Gasteiger partial charge in [0.25, 0.3) is 0 Å². The standard InChI is InChI=1S/C16H22N2O/c1-3-15-13(9-18-8-11(2)14(17)10-18)12-6-4-5-7-16(12)19-15/h4-7,11,14H,3,8-10,17H2,1-2H3. The molecule has 3 heteroatoms. The quantitative estimate of drug-likeness (QED) is 0.920. The van der Waals surface area contributed by atoms with E-state index < -0.39 is 0 Å². The highest BCUT2D eigenvalue weighted by molar-refractivity contribution is 5.82. The van der Waals surface area contributed by atoms with Gasteiger partial charge in [0.1, 0.15) is 11.3 Å². The molecule has 1 aromatic carbocycles. The Kier molecular flexibility index (Phi) is 3.33. The Labute approximate surface area is 114 Å². The molecule has 0 amide bonds. The van der Waals surface area contributed by atoms with Crippen molar-refractivity contribution < 1.29 is 4.42 Å². The first kappa shape index (κ1) is 12.7. The number of furan rings is 1. The molecule has 1 aliphatic rings. The molecule has 0 spiro atoms. The molecule has 0 saturated carbocycles. The molecule has 0 aliphatic carbocycles. The number of nitrogens with two attached hydrogens (primary N) is 1. The van der Waals surface area contributed by atoms with Crippen LogP contribution in [0.25, 0.3) is 11.0 Å². The molecule has 2 N–H and O–H groups in total. The third kappa shape index (κ3) is 2.28. The van der Waals surface area contributed by atoms with Gasteiger partial charge in [-0.25, -0.2) is 0 Å². The van der Waals surface area contributed by atoms with E-state index in [9.17, 15) is 0 Å². The van der Waals surface area contributed by atoms with Crippen LogP contribution in [0.3, 0.4) is 0 Å². The van der Waals surface area contributed by atoms with E-state index in [1.54, 1.807) is 0 Å². The Bertz CT molecular complexity index is 565. The summed E-state index contributed by atoms with van der Waals surface area (Å²) < 4.78 is 5.95. The van der Waals surface area contributed by atoms with Gasteiger partial charge < -0.3 is 10.2 Å². The number of hydrogen-bond donors (Lipinski definition) is 1. The molecule has 2 heterocycles. The van der Waals surface area contributed by atoms with Gasteiger partial charge in [-0.05, 0) is 12.0 Å². The molecule has 0 bridgehead atoms. The first-order valence-electron chi connectivity index (χ1n) is 7.16. The molecule has 2 unspecified atom stereocenters. The van der Waals surface area contributed by atoms with Crippen molar-refractivity contribution in [1.29, 1.82) is 0 Å². The highest BCUT2D eigenvalue weighted by Crippen LogP contribution is 2.29. The minimum absolute atomic E-state index is 0.309. The van der Waals surface area contributed by atoms with Crippen LogP contribution in [0, 0.1) is 5.92 Å². The van der Waals surface area contributed by atoms with Crippen LogP contribution in [-0.2, 0) is 13.0 Å². The SMILES string of the molecule is CCc1oc2ccccc2c1CN1CC(C)C(N)C1. The molecule has 19 heavy (non-hydrogen) atoms. The largest absolute Gasteiger partial charge is 0.461 e. The summed E-state index contributed by atoms with van der Waals surface area (Å²) in [5.41, 5.74) is 8.47. The molecule has 0 radical (unpaired) electrons. The number of aryl methyl sites for hydroxylation is 1. The van der Waals surface area contributed by atoms with Crippen LogP contribution in [0.1, 0.15) is 25.2 Å². The summed E-state index contributed by atoms with van der Waals surface area (Å²) in [4.78, 5) is 2.45. The van der Waals surface area contributed by atoms with Crippen LogP contribution in [-0.4, -0.2) is 24.0 Å². The third-order valence-electron chi connectivity index (χ3n) is 4.23. The minimum Gasteiger partial charge on any atom is -0.461 e. The average Bonchev–Trinajstić information content (AvgIpc) is 2.92. The summed E-state index contributed by atoms with van der Waals surface area (Å²) in [5, 5.41) is 1.26. The van der Waals surface area contributed by atoms with E-state index >= 15 is 0 Å². The van der Waals surface area contributed by atoms with E-state index in [1.165, 1.54) is 10.9 Å². The molecule has 3 nitrogen and oxygen atoms in total. The predicted molar refractivity (Wildman–Crippen MR) is 78.0 cm³/mol. The molecule has 3 rings (SSSR count). The highest BCUT2D eigenvalue weighted by Gasteiger charge is 2.27. The van der Waals surface area contributed by atoms with E-state index in [0.29, 0.717) is 12.0 Å². The van der Waals surface area contributed by atoms with E-state index in [4.69, 9.17) is 10.2 Å². The lowest BCUT2D eigenvalue weighted by molar-refractivity contribution is 0.316. The average molecular weight is 258 g/mol. The maximum atomic E-state index is 6.12. The Morgan fingerprint density at radius 1 is 1.32 bits per heavy atom. The van der Waals surface area contributed by atoms with Crippen molar-refractivity contribution >= 4 is 11.0 Å². The van der Waals surface area contributed by atoms with Crippen molar-refractivity contribution in [3.05, 3.63) is 35.6 Å². The Morgan fingerprint density at radius 2 is 2.11 bits per heavy atom. The fourth-order valence-corrected chi connectivity index (χ4v) is 3.06. The fourth-order valence-electron chi connectivity index (χ4n) is 3.06. The Morgan fingerprint density at radius 3 is 2.79 bits per heavy atom. The number of nitrogens with zero attached hydrogens (tertiary/aromatic N) is 1. The Hall–Kier alpha value is -1.32. The lowest BCUT2D eigenvalue weighted by atomic mass is 10.1. The second kappa shape index (κ2) is 4.99. The molecular formula is C16H22N2O.